The minimum atomic E-state index is -0.278. The van der Waals surface area contributed by atoms with E-state index >= 15 is 0 Å². The molecule has 0 aromatic heterocycles. The smallest absolute Gasteiger partial charge is 0.251 e. The molecule has 0 saturated heterocycles. The molecule has 0 aliphatic heterocycles. The van der Waals surface area contributed by atoms with Crippen molar-refractivity contribution >= 4 is 5.91 Å². The maximum atomic E-state index is 12.1. The van der Waals surface area contributed by atoms with Crippen LogP contribution in [-0.2, 0) is 6.42 Å². The van der Waals surface area contributed by atoms with Gasteiger partial charge in [0.05, 0.1) is 0 Å². The van der Waals surface area contributed by atoms with E-state index in [0.717, 1.165) is 11.3 Å². The summed E-state index contributed by atoms with van der Waals surface area (Å²) in [5, 5.41) is 21.5. The lowest BCUT2D eigenvalue weighted by atomic mass is 10.1. The van der Waals surface area contributed by atoms with Crippen LogP contribution in [0, 0.1) is 0 Å². The molecule has 0 unspecified atom stereocenters. The largest absolute Gasteiger partial charge is 0.504 e. The van der Waals surface area contributed by atoms with E-state index in [4.69, 9.17) is 4.74 Å². The summed E-state index contributed by atoms with van der Waals surface area (Å²) in [5.74, 6) is 0.243. The highest BCUT2D eigenvalue weighted by Crippen LogP contribution is 2.24. The minimum Gasteiger partial charge on any atom is -0.504 e. The summed E-state index contributed by atoms with van der Waals surface area (Å²) in [4.78, 5) is 12.1. The Bertz CT molecular complexity index is 702. The Hall–Kier alpha value is -2.69. The van der Waals surface area contributed by atoms with Gasteiger partial charge in [-0.1, -0.05) is 6.07 Å². The predicted molar refractivity (Wildman–Crippen MR) is 92.6 cm³/mol. The number of phenols is 2. The molecule has 24 heavy (non-hydrogen) atoms. The van der Waals surface area contributed by atoms with Crippen LogP contribution in [0.5, 0.6) is 17.2 Å². The summed E-state index contributed by atoms with van der Waals surface area (Å²) < 4.78 is 5.72. The van der Waals surface area contributed by atoms with Gasteiger partial charge in [-0.25, -0.2) is 0 Å². The molecule has 1 amide bonds. The quantitative estimate of drug-likeness (QED) is 0.736. The number of phenolic OH excluding ortho intramolecular Hbond substituents is 2. The average Bonchev–Trinajstić information content (AvgIpc) is 2.50. The maximum absolute atomic E-state index is 12.1. The molecule has 2 aromatic carbocycles. The Kier molecular flexibility index (Phi) is 5.34. The van der Waals surface area contributed by atoms with Gasteiger partial charge in [-0.05, 0) is 69.2 Å². The molecule has 128 valence electrons. The van der Waals surface area contributed by atoms with E-state index in [1.54, 1.807) is 30.3 Å². The zero-order valence-corrected chi connectivity index (χ0v) is 14.2. The van der Waals surface area contributed by atoms with Crippen molar-refractivity contribution in [1.29, 1.82) is 0 Å². The van der Waals surface area contributed by atoms with E-state index in [1.165, 1.54) is 12.1 Å². The second-order valence-corrected chi connectivity index (χ2v) is 6.57. The van der Waals surface area contributed by atoms with E-state index in [-0.39, 0.29) is 23.0 Å². The highest BCUT2D eigenvalue weighted by molar-refractivity contribution is 5.94. The van der Waals surface area contributed by atoms with Gasteiger partial charge in [-0.3, -0.25) is 4.79 Å². The molecule has 0 fully saturated rings. The first-order chi connectivity index (χ1) is 11.2. The molecule has 0 aliphatic rings. The Morgan fingerprint density at radius 1 is 1.04 bits per heavy atom. The predicted octanol–water partition coefficient (Wildman–Crippen LogP) is 3.25. The number of hydrogen-bond acceptors (Lipinski definition) is 4. The number of rotatable bonds is 5. The van der Waals surface area contributed by atoms with Crippen molar-refractivity contribution in [1.82, 2.24) is 5.32 Å². The van der Waals surface area contributed by atoms with E-state index in [9.17, 15) is 15.0 Å². The highest BCUT2D eigenvalue weighted by Gasteiger charge is 2.12. The Morgan fingerprint density at radius 3 is 2.29 bits per heavy atom. The fourth-order valence-electron chi connectivity index (χ4n) is 2.17. The van der Waals surface area contributed by atoms with Gasteiger partial charge in [0.2, 0.25) is 0 Å². The van der Waals surface area contributed by atoms with Gasteiger partial charge in [-0.2, -0.15) is 0 Å². The van der Waals surface area contributed by atoms with Crippen LogP contribution < -0.4 is 10.1 Å². The normalized spacial score (nSPS) is 11.1. The third-order valence-electron chi connectivity index (χ3n) is 3.28. The fraction of sp³-hybridized carbons (Fsp3) is 0.316. The van der Waals surface area contributed by atoms with E-state index in [0.29, 0.717) is 18.5 Å². The van der Waals surface area contributed by atoms with Crippen molar-refractivity contribution in [3.8, 4) is 17.2 Å². The monoisotopic (exact) mass is 329 g/mol. The average molecular weight is 329 g/mol. The molecule has 2 aromatic rings. The number of carbonyl (C=O) groups excluding carboxylic acids is 1. The summed E-state index contributed by atoms with van der Waals surface area (Å²) in [6, 6.07) is 11.6. The number of amides is 1. The summed E-state index contributed by atoms with van der Waals surface area (Å²) >= 11 is 0. The van der Waals surface area contributed by atoms with Crippen molar-refractivity contribution in [3.05, 3.63) is 53.6 Å². The molecule has 0 saturated carbocycles. The first-order valence-electron chi connectivity index (χ1n) is 7.83. The lowest BCUT2D eigenvalue weighted by Gasteiger charge is -2.21. The fourth-order valence-corrected chi connectivity index (χ4v) is 2.17. The second-order valence-electron chi connectivity index (χ2n) is 6.57. The lowest BCUT2D eigenvalue weighted by molar-refractivity contribution is 0.0954. The van der Waals surface area contributed by atoms with Crippen molar-refractivity contribution in [2.45, 2.75) is 32.8 Å². The maximum Gasteiger partial charge on any atom is 0.251 e. The van der Waals surface area contributed by atoms with Crippen LogP contribution in [0.2, 0.25) is 0 Å². The standard InChI is InChI=1S/C19H23NO4/c1-19(2,3)24-15-7-5-14(6-8-15)18(23)20-11-10-13-4-9-16(21)17(22)12-13/h4-9,12,21-22H,10-11H2,1-3H3,(H,20,23). The molecule has 5 nitrogen and oxygen atoms in total. The van der Waals surface area contributed by atoms with Gasteiger partial charge in [0, 0.05) is 12.1 Å². The van der Waals surface area contributed by atoms with Crippen LogP contribution >= 0.6 is 0 Å². The Morgan fingerprint density at radius 2 is 1.71 bits per heavy atom. The van der Waals surface area contributed by atoms with Crippen LogP contribution in [0.25, 0.3) is 0 Å². The molecule has 3 N–H and O–H groups in total. The van der Waals surface area contributed by atoms with E-state index in [2.05, 4.69) is 5.32 Å². The van der Waals surface area contributed by atoms with Crippen molar-refractivity contribution in [3.63, 3.8) is 0 Å². The highest BCUT2D eigenvalue weighted by atomic mass is 16.5. The van der Waals surface area contributed by atoms with Crippen LogP contribution in [0.4, 0.5) is 0 Å². The van der Waals surface area contributed by atoms with E-state index in [1.807, 2.05) is 20.8 Å². The zero-order valence-electron chi connectivity index (χ0n) is 14.2. The third kappa shape index (κ3) is 5.19. The number of benzene rings is 2. The molecular formula is C19H23NO4. The molecule has 2 rings (SSSR count). The van der Waals surface area contributed by atoms with Gasteiger partial charge in [0.25, 0.3) is 5.91 Å². The van der Waals surface area contributed by atoms with Gasteiger partial charge in [0.15, 0.2) is 11.5 Å². The Labute approximate surface area is 141 Å². The zero-order chi connectivity index (χ0) is 17.7. The molecule has 0 atom stereocenters. The third-order valence-corrected chi connectivity index (χ3v) is 3.28. The van der Waals surface area contributed by atoms with Crippen LogP contribution in [-0.4, -0.2) is 28.3 Å². The van der Waals surface area contributed by atoms with Gasteiger partial charge in [0.1, 0.15) is 11.4 Å². The molecular weight excluding hydrogens is 306 g/mol. The number of hydrogen-bond donors (Lipinski definition) is 3. The number of aromatic hydroxyl groups is 2. The molecule has 0 aliphatic carbocycles. The molecule has 5 heteroatoms. The number of carbonyl (C=O) groups is 1. The van der Waals surface area contributed by atoms with Crippen molar-refractivity contribution < 1.29 is 19.7 Å². The Balaban J connectivity index is 1.87. The van der Waals surface area contributed by atoms with Crippen LogP contribution in [0.1, 0.15) is 36.7 Å². The lowest BCUT2D eigenvalue weighted by Crippen LogP contribution is -2.26. The second kappa shape index (κ2) is 7.25. The van der Waals surface area contributed by atoms with Gasteiger partial charge >= 0.3 is 0 Å². The first kappa shape index (κ1) is 17.7. The van der Waals surface area contributed by atoms with Gasteiger partial charge < -0.3 is 20.3 Å². The summed E-state index contributed by atoms with van der Waals surface area (Å²) in [6.07, 6.45) is 0.560. The van der Waals surface area contributed by atoms with Gasteiger partial charge in [-0.15, -0.1) is 0 Å². The molecule has 0 spiro atoms. The molecule has 0 bridgehead atoms. The topological polar surface area (TPSA) is 78.8 Å². The summed E-state index contributed by atoms with van der Waals surface area (Å²) in [6.45, 7) is 6.33. The first-order valence-corrected chi connectivity index (χ1v) is 7.83. The number of ether oxygens (including phenoxy) is 1. The SMILES string of the molecule is CC(C)(C)Oc1ccc(C(=O)NCCc2ccc(O)c(O)c2)cc1. The summed E-state index contributed by atoms with van der Waals surface area (Å²) in [5.41, 5.74) is 1.11. The van der Waals surface area contributed by atoms with Crippen LogP contribution in [0.15, 0.2) is 42.5 Å². The van der Waals surface area contributed by atoms with Crippen LogP contribution in [0.3, 0.4) is 0 Å². The number of nitrogens with one attached hydrogen (secondary N) is 1. The molecule has 0 heterocycles. The summed E-state index contributed by atoms with van der Waals surface area (Å²) in [7, 11) is 0. The van der Waals surface area contributed by atoms with E-state index < -0.39 is 0 Å². The van der Waals surface area contributed by atoms with Crippen molar-refractivity contribution in [2.75, 3.05) is 6.54 Å². The molecule has 0 radical (unpaired) electrons. The minimum absolute atomic E-state index is 0.152. The van der Waals surface area contributed by atoms with Crippen molar-refractivity contribution in [2.24, 2.45) is 0 Å².